The monoisotopic (exact) mass is 317 g/mol. The van der Waals surface area contributed by atoms with E-state index in [1.54, 1.807) is 20.8 Å². The van der Waals surface area contributed by atoms with E-state index in [2.05, 4.69) is 5.32 Å². The third-order valence-electron chi connectivity index (χ3n) is 2.69. The lowest BCUT2D eigenvalue weighted by atomic mass is 9.94. The van der Waals surface area contributed by atoms with E-state index >= 15 is 0 Å². The minimum Gasteiger partial charge on any atom is -0.444 e. The lowest BCUT2D eigenvalue weighted by Crippen LogP contribution is -2.50. The smallest absolute Gasteiger partial charge is 0.408 e. The molecule has 1 rings (SSSR count). The zero-order valence-corrected chi connectivity index (χ0v) is 12.8. The molecule has 0 aliphatic rings. The van der Waals surface area contributed by atoms with Crippen LogP contribution in [0.1, 0.15) is 33.3 Å². The van der Waals surface area contributed by atoms with Crippen LogP contribution in [0.4, 0.5) is 18.0 Å². The van der Waals surface area contributed by atoms with Crippen LogP contribution >= 0.6 is 0 Å². The molecule has 122 valence electrons. The highest BCUT2D eigenvalue weighted by molar-refractivity contribution is 5.76. The number of halogens is 3. The zero-order valence-electron chi connectivity index (χ0n) is 12.8. The maximum absolute atomic E-state index is 13.6. The molecule has 0 spiro atoms. The van der Waals surface area contributed by atoms with Gasteiger partial charge in [-0.25, -0.2) is 18.0 Å². The predicted molar refractivity (Wildman–Crippen MR) is 73.9 cm³/mol. The molecular formula is C15H18F3NO3. The molecule has 22 heavy (non-hydrogen) atoms. The van der Waals surface area contributed by atoms with Crippen molar-refractivity contribution >= 4 is 12.4 Å². The number of aldehydes is 1. The molecule has 1 atom stereocenters. The van der Waals surface area contributed by atoms with Crippen molar-refractivity contribution in [3.8, 4) is 0 Å². The normalized spacial score (nSPS) is 14.1. The molecule has 0 radical (unpaired) electrons. The summed E-state index contributed by atoms with van der Waals surface area (Å²) in [6, 6.07) is 1.05. The summed E-state index contributed by atoms with van der Waals surface area (Å²) < 4.78 is 44.7. The Morgan fingerprint density at radius 1 is 1.14 bits per heavy atom. The highest BCUT2D eigenvalue weighted by atomic mass is 19.2. The quantitative estimate of drug-likeness (QED) is 0.686. The molecule has 0 aromatic heterocycles. The fraction of sp³-hybridized carbons (Fsp3) is 0.467. The lowest BCUT2D eigenvalue weighted by molar-refractivity contribution is -0.112. The molecule has 1 unspecified atom stereocenters. The van der Waals surface area contributed by atoms with Gasteiger partial charge in [-0.3, -0.25) is 0 Å². The van der Waals surface area contributed by atoms with Crippen molar-refractivity contribution in [1.29, 1.82) is 0 Å². The van der Waals surface area contributed by atoms with Crippen LogP contribution in [0.25, 0.3) is 0 Å². The van der Waals surface area contributed by atoms with Crippen LogP contribution < -0.4 is 5.32 Å². The van der Waals surface area contributed by atoms with Crippen molar-refractivity contribution in [1.82, 2.24) is 5.32 Å². The number of amides is 1. The fourth-order valence-corrected chi connectivity index (χ4v) is 1.75. The third-order valence-corrected chi connectivity index (χ3v) is 2.69. The molecule has 1 aromatic rings. The van der Waals surface area contributed by atoms with Crippen LogP contribution in [0.5, 0.6) is 0 Å². The standard InChI is InChI=1S/C15H18F3NO3/c1-14(2,3)22-13(21)19-15(4,8-20)7-9-5-11(17)12(18)6-10(9)16/h5-6,8H,7H2,1-4H3,(H,19,21). The molecule has 0 bridgehead atoms. The Bertz CT molecular complexity index is 584. The second-order valence-corrected chi connectivity index (χ2v) is 6.20. The molecule has 1 aromatic carbocycles. The van der Waals surface area contributed by atoms with Crippen LogP contribution in [-0.2, 0) is 16.0 Å². The Kier molecular flexibility index (Phi) is 5.22. The van der Waals surface area contributed by atoms with E-state index in [4.69, 9.17) is 4.74 Å². The van der Waals surface area contributed by atoms with Crippen LogP contribution in [0, 0.1) is 17.5 Å². The van der Waals surface area contributed by atoms with Gasteiger partial charge in [-0.05, 0) is 39.3 Å². The van der Waals surface area contributed by atoms with Crippen molar-refractivity contribution in [2.75, 3.05) is 0 Å². The number of carbonyl (C=O) groups is 2. The summed E-state index contributed by atoms with van der Waals surface area (Å²) in [5.74, 6) is -3.56. The van der Waals surface area contributed by atoms with Gasteiger partial charge in [0, 0.05) is 12.5 Å². The number of nitrogens with one attached hydrogen (secondary N) is 1. The van der Waals surface area contributed by atoms with E-state index in [1.807, 2.05) is 0 Å². The summed E-state index contributed by atoms with van der Waals surface area (Å²) in [6.07, 6.45) is -0.832. The Hall–Kier alpha value is -2.05. The molecule has 1 amide bonds. The number of hydrogen-bond donors (Lipinski definition) is 1. The van der Waals surface area contributed by atoms with Crippen molar-refractivity contribution in [2.24, 2.45) is 0 Å². The van der Waals surface area contributed by atoms with Crippen LogP contribution in [0.3, 0.4) is 0 Å². The van der Waals surface area contributed by atoms with E-state index in [0.717, 1.165) is 0 Å². The van der Waals surface area contributed by atoms with Crippen molar-refractivity contribution in [2.45, 2.75) is 45.3 Å². The Balaban J connectivity index is 2.94. The SMILES string of the molecule is CC(C=O)(Cc1cc(F)c(F)cc1F)NC(=O)OC(C)(C)C. The largest absolute Gasteiger partial charge is 0.444 e. The van der Waals surface area contributed by atoms with E-state index in [0.29, 0.717) is 18.4 Å². The molecule has 1 N–H and O–H groups in total. The van der Waals surface area contributed by atoms with Gasteiger partial charge in [0.2, 0.25) is 0 Å². The molecule has 7 heteroatoms. The van der Waals surface area contributed by atoms with Gasteiger partial charge in [0.25, 0.3) is 0 Å². The molecule has 4 nitrogen and oxygen atoms in total. The first kappa shape index (κ1) is 18.0. The van der Waals surface area contributed by atoms with Gasteiger partial charge in [-0.2, -0.15) is 0 Å². The highest BCUT2D eigenvalue weighted by Crippen LogP contribution is 2.19. The van der Waals surface area contributed by atoms with Crippen molar-refractivity contribution in [3.05, 3.63) is 35.1 Å². The summed E-state index contributed by atoms with van der Waals surface area (Å²) in [5.41, 5.74) is -2.53. The second kappa shape index (κ2) is 6.37. The summed E-state index contributed by atoms with van der Waals surface area (Å²) in [7, 11) is 0. The number of alkyl carbamates (subject to hydrolysis) is 1. The Labute approximate surface area is 126 Å². The summed E-state index contributed by atoms with van der Waals surface area (Å²) in [4.78, 5) is 22.9. The fourth-order valence-electron chi connectivity index (χ4n) is 1.75. The van der Waals surface area contributed by atoms with Crippen LogP contribution in [-0.4, -0.2) is 23.5 Å². The van der Waals surface area contributed by atoms with E-state index in [1.165, 1.54) is 6.92 Å². The highest BCUT2D eigenvalue weighted by Gasteiger charge is 2.30. The van der Waals surface area contributed by atoms with Gasteiger partial charge in [0.15, 0.2) is 11.6 Å². The molecule has 0 saturated carbocycles. The summed E-state index contributed by atoms with van der Waals surface area (Å²) in [5, 5.41) is 2.30. The van der Waals surface area contributed by atoms with E-state index < -0.39 is 34.7 Å². The number of benzene rings is 1. The first-order valence-corrected chi connectivity index (χ1v) is 6.57. The van der Waals surface area contributed by atoms with Gasteiger partial charge in [0.05, 0.1) is 0 Å². The molecule has 0 fully saturated rings. The lowest BCUT2D eigenvalue weighted by Gasteiger charge is -2.27. The van der Waals surface area contributed by atoms with Crippen LogP contribution in [0.2, 0.25) is 0 Å². The topological polar surface area (TPSA) is 55.4 Å². The maximum atomic E-state index is 13.6. The molecule has 0 saturated heterocycles. The summed E-state index contributed by atoms with van der Waals surface area (Å²) >= 11 is 0. The Morgan fingerprint density at radius 3 is 2.18 bits per heavy atom. The average Bonchev–Trinajstić information content (AvgIpc) is 2.33. The van der Waals surface area contributed by atoms with Crippen molar-refractivity contribution < 1.29 is 27.5 Å². The van der Waals surface area contributed by atoms with E-state index in [-0.39, 0.29) is 12.0 Å². The minimum atomic E-state index is -1.52. The molecule has 0 aliphatic carbocycles. The van der Waals surface area contributed by atoms with Gasteiger partial charge in [0.1, 0.15) is 23.2 Å². The number of ether oxygens (including phenoxy) is 1. The number of carbonyl (C=O) groups excluding carboxylic acids is 2. The van der Waals surface area contributed by atoms with E-state index in [9.17, 15) is 22.8 Å². The average molecular weight is 317 g/mol. The second-order valence-electron chi connectivity index (χ2n) is 6.20. The third kappa shape index (κ3) is 5.05. The Morgan fingerprint density at radius 2 is 1.68 bits per heavy atom. The first-order chi connectivity index (χ1) is 9.96. The zero-order chi connectivity index (χ0) is 17.1. The first-order valence-electron chi connectivity index (χ1n) is 6.57. The maximum Gasteiger partial charge on any atom is 0.408 e. The van der Waals surface area contributed by atoms with Gasteiger partial charge in [-0.1, -0.05) is 0 Å². The minimum absolute atomic E-state index is 0.232. The number of rotatable bonds is 4. The number of hydrogen-bond acceptors (Lipinski definition) is 3. The van der Waals surface area contributed by atoms with Crippen molar-refractivity contribution in [3.63, 3.8) is 0 Å². The van der Waals surface area contributed by atoms with Gasteiger partial charge in [-0.15, -0.1) is 0 Å². The molecule has 0 heterocycles. The molecule has 0 aliphatic heterocycles. The summed E-state index contributed by atoms with van der Waals surface area (Å²) in [6.45, 7) is 6.24. The molecular weight excluding hydrogens is 299 g/mol. The van der Waals surface area contributed by atoms with Crippen LogP contribution in [0.15, 0.2) is 12.1 Å². The van der Waals surface area contributed by atoms with Gasteiger partial charge >= 0.3 is 6.09 Å². The predicted octanol–water partition coefficient (Wildman–Crippen LogP) is 3.13. The van der Waals surface area contributed by atoms with Gasteiger partial charge < -0.3 is 14.8 Å².